The van der Waals surface area contributed by atoms with Crippen molar-refractivity contribution in [3.63, 3.8) is 0 Å². The van der Waals surface area contributed by atoms with Crippen LogP contribution in [-0.4, -0.2) is 102 Å². The third-order valence-electron chi connectivity index (χ3n) is 10.1. The summed E-state index contributed by atoms with van der Waals surface area (Å²) in [6, 6.07) is 2.68. The second-order valence-electron chi connectivity index (χ2n) is 13.6. The lowest BCUT2D eigenvalue weighted by atomic mass is 9.82. The van der Waals surface area contributed by atoms with Crippen molar-refractivity contribution in [3.8, 4) is 5.75 Å². The largest absolute Gasteiger partial charge is 0.495 e. The molecule has 2 saturated heterocycles. The molecule has 9 unspecified atom stereocenters. The topological polar surface area (TPSA) is 150 Å². The highest BCUT2D eigenvalue weighted by molar-refractivity contribution is 7.80. The Morgan fingerprint density at radius 2 is 2.00 bits per heavy atom. The number of rotatable bonds is 6. The second kappa shape index (κ2) is 15.7. The number of benzene rings is 1. The molecule has 3 aliphatic rings. The number of hydrogen-bond acceptors (Lipinski definition) is 11. The molecule has 3 heterocycles. The Kier molecular flexibility index (Phi) is 12.5. The number of hydrogen-bond donors (Lipinski definition) is 4. The number of halogens is 1. The summed E-state index contributed by atoms with van der Waals surface area (Å²) < 4.78 is 23.7. The van der Waals surface area contributed by atoms with Crippen LogP contribution in [0.25, 0.3) is 0 Å². The summed E-state index contributed by atoms with van der Waals surface area (Å²) in [4.78, 5) is 42.8. The number of allylic oxidation sites excluding steroid dienone is 3. The first-order chi connectivity index (χ1) is 22.9. The summed E-state index contributed by atoms with van der Waals surface area (Å²) in [7, 11) is 4.61. The van der Waals surface area contributed by atoms with E-state index in [1.165, 1.54) is 24.0 Å². The van der Waals surface area contributed by atoms with Gasteiger partial charge in [0.2, 0.25) is 18.2 Å². The van der Waals surface area contributed by atoms with E-state index in [1.54, 1.807) is 20.9 Å². The fourth-order valence-corrected chi connectivity index (χ4v) is 7.02. The molecule has 1 aromatic carbocycles. The van der Waals surface area contributed by atoms with Crippen molar-refractivity contribution in [3.05, 3.63) is 46.5 Å². The number of esters is 1. The van der Waals surface area contributed by atoms with Gasteiger partial charge in [0, 0.05) is 38.8 Å². The van der Waals surface area contributed by atoms with Crippen LogP contribution in [0.2, 0.25) is 5.02 Å². The third-order valence-corrected chi connectivity index (χ3v) is 10.7. The number of nitrogens with zero attached hydrogens (tertiary/aromatic N) is 2. The number of fused-ring (bicyclic) bond motifs is 5. The molecule has 49 heavy (non-hydrogen) atoms. The number of ether oxygens (including phenoxy) is 4. The Labute approximate surface area is 299 Å². The molecule has 3 aliphatic heterocycles. The molecule has 3 N–H and O–H groups in total. The number of aliphatic hydroxyl groups excluding tert-OH is 1. The van der Waals surface area contributed by atoms with Crippen molar-refractivity contribution in [1.82, 2.24) is 10.2 Å². The molecule has 0 radical (unpaired) electrons. The van der Waals surface area contributed by atoms with Crippen LogP contribution < -0.4 is 15.0 Å². The lowest BCUT2D eigenvalue weighted by Crippen LogP contribution is -2.63. The average Bonchev–Trinajstić information content (AvgIpc) is 3.74. The van der Waals surface area contributed by atoms with Crippen LogP contribution in [0.1, 0.15) is 59.4 Å². The Balaban J connectivity index is 1.76. The summed E-state index contributed by atoms with van der Waals surface area (Å²) in [5, 5.41) is 25.3. The molecular formula is C35H50ClN3O9S. The summed E-state index contributed by atoms with van der Waals surface area (Å²) in [5.74, 6) is -1.50. The van der Waals surface area contributed by atoms with Gasteiger partial charge in [0.25, 0.3) is 0 Å². The fourth-order valence-electron chi connectivity index (χ4n) is 6.51. The maximum absolute atomic E-state index is 14.0. The van der Waals surface area contributed by atoms with Gasteiger partial charge >= 0.3 is 5.97 Å². The molecule has 0 aliphatic carbocycles. The van der Waals surface area contributed by atoms with Crippen LogP contribution in [-0.2, 0) is 35.0 Å². The smallest absolute Gasteiger partial charge is 0.328 e. The number of thiol groups is 1. The third kappa shape index (κ3) is 8.63. The van der Waals surface area contributed by atoms with Crippen LogP contribution in [0.3, 0.4) is 0 Å². The Morgan fingerprint density at radius 1 is 1.31 bits per heavy atom. The minimum Gasteiger partial charge on any atom is -0.495 e. The van der Waals surface area contributed by atoms with E-state index in [0.29, 0.717) is 23.6 Å². The molecule has 9 atom stereocenters. The van der Waals surface area contributed by atoms with Crippen LogP contribution >= 0.6 is 24.2 Å². The van der Waals surface area contributed by atoms with Gasteiger partial charge in [-0.15, -0.1) is 0 Å². The van der Waals surface area contributed by atoms with Crippen molar-refractivity contribution < 1.29 is 43.5 Å². The lowest BCUT2D eigenvalue weighted by Gasteiger charge is -2.44. The minimum absolute atomic E-state index is 0.126. The van der Waals surface area contributed by atoms with Crippen molar-refractivity contribution in [2.45, 2.75) is 102 Å². The summed E-state index contributed by atoms with van der Waals surface area (Å²) in [5.41, 5.74) is -0.395. The Bertz CT molecular complexity index is 1480. The maximum Gasteiger partial charge on any atom is 0.328 e. The molecule has 12 nitrogen and oxygen atoms in total. The average molecular weight is 724 g/mol. The highest BCUT2D eigenvalue weighted by atomic mass is 35.5. The molecule has 4 bridgehead atoms. The monoisotopic (exact) mass is 723 g/mol. The zero-order valence-corrected chi connectivity index (χ0v) is 31.1. The van der Waals surface area contributed by atoms with Gasteiger partial charge in [0.15, 0.2) is 0 Å². The number of likely N-dealkylation sites (N-methyl/N-ethyl adjacent to an activating group) is 1. The van der Waals surface area contributed by atoms with E-state index in [1.807, 2.05) is 51.1 Å². The van der Waals surface area contributed by atoms with E-state index in [9.17, 15) is 24.6 Å². The number of nitrogens with one attached hydrogen (secondary N) is 1. The molecule has 0 aromatic heterocycles. The molecule has 1 aromatic rings. The molecule has 0 spiro atoms. The first kappa shape index (κ1) is 39.1. The zero-order chi connectivity index (χ0) is 36.4. The van der Waals surface area contributed by atoms with Crippen molar-refractivity contribution in [2.75, 3.05) is 31.9 Å². The van der Waals surface area contributed by atoms with Crippen molar-refractivity contribution in [1.29, 1.82) is 0 Å². The number of aliphatic hydroxyl groups is 2. The number of carbonyl (C=O) groups excluding carboxylic acids is 3. The van der Waals surface area contributed by atoms with Gasteiger partial charge in [-0.3, -0.25) is 9.59 Å². The van der Waals surface area contributed by atoms with E-state index >= 15 is 0 Å². The van der Waals surface area contributed by atoms with Gasteiger partial charge in [-0.1, -0.05) is 49.2 Å². The summed E-state index contributed by atoms with van der Waals surface area (Å²) >= 11 is 10.9. The Hall–Kier alpha value is -2.65. The SMILES string of the molecule is COc1cc2cc(c1Cl)N(C)C(=O)CC(OC(=O)C(C)N(C)C(=O)CCS)C1(C)OC1C(C)C1CC(O)(NC(O)O1)C(C)/C=C/C=C(\C)C2. The van der Waals surface area contributed by atoms with Gasteiger partial charge < -0.3 is 39.0 Å². The second-order valence-corrected chi connectivity index (χ2v) is 14.4. The standard InChI is InChI=1S/C35H50ClN3O9S/c1-19-10-9-11-20(2)35(44)18-26(46-33(43)37-35)21(3)31-34(5,48-31)27(47-32(42)22(4)38(6)28(40)12-13-49)17-29(41)39(7)24-15-23(14-19)16-25(45-8)30(24)36/h9-11,15-16,20-22,26-27,31,33,37,43-44,49H,12-14,17-18H2,1-8H3/b11-9+,19-10+. The first-order valence-corrected chi connectivity index (χ1v) is 17.5. The summed E-state index contributed by atoms with van der Waals surface area (Å²) in [6.45, 7) is 8.99. The van der Waals surface area contributed by atoms with Gasteiger partial charge in [-0.25, -0.2) is 10.1 Å². The molecule has 2 amide bonds. The Morgan fingerprint density at radius 3 is 2.65 bits per heavy atom. The van der Waals surface area contributed by atoms with E-state index in [4.69, 9.17) is 30.5 Å². The maximum atomic E-state index is 14.0. The summed E-state index contributed by atoms with van der Waals surface area (Å²) in [6.07, 6.45) is 2.41. The van der Waals surface area contributed by atoms with Crippen LogP contribution in [0, 0.1) is 11.8 Å². The predicted octanol–water partition coefficient (Wildman–Crippen LogP) is 3.61. The zero-order valence-electron chi connectivity index (χ0n) is 29.4. The molecule has 0 saturated carbocycles. The van der Waals surface area contributed by atoms with Crippen molar-refractivity contribution in [2.24, 2.45) is 11.8 Å². The number of epoxide rings is 1. The van der Waals surface area contributed by atoms with Gasteiger partial charge in [0.1, 0.15) is 34.2 Å². The number of anilines is 1. The normalized spacial score (nSPS) is 34.6. The predicted molar refractivity (Wildman–Crippen MR) is 188 cm³/mol. The molecule has 14 heteroatoms. The van der Waals surface area contributed by atoms with Gasteiger partial charge in [-0.05, 0) is 50.6 Å². The van der Waals surface area contributed by atoms with Crippen LogP contribution in [0.15, 0.2) is 35.9 Å². The minimum atomic E-state index is -1.51. The van der Waals surface area contributed by atoms with Crippen LogP contribution in [0.5, 0.6) is 5.75 Å². The number of carbonyl (C=O) groups is 3. The molecule has 2 fully saturated rings. The molecule has 4 rings (SSSR count). The fraction of sp³-hybridized carbons (Fsp3) is 0.629. The van der Waals surface area contributed by atoms with E-state index in [0.717, 1.165) is 11.1 Å². The van der Waals surface area contributed by atoms with E-state index in [2.05, 4.69) is 17.9 Å². The number of amides is 2. The quantitative estimate of drug-likeness (QED) is 0.195. The first-order valence-electron chi connectivity index (χ1n) is 16.5. The van der Waals surface area contributed by atoms with E-state index in [-0.39, 0.29) is 30.2 Å². The highest BCUT2D eigenvalue weighted by Crippen LogP contribution is 2.49. The van der Waals surface area contributed by atoms with Crippen LogP contribution in [0.4, 0.5) is 5.69 Å². The molecule has 272 valence electrons. The highest BCUT2D eigenvalue weighted by Gasteiger charge is 2.64. The van der Waals surface area contributed by atoms with Crippen molar-refractivity contribution >= 4 is 47.7 Å². The van der Waals surface area contributed by atoms with Gasteiger partial charge in [0.05, 0.1) is 31.4 Å². The number of methoxy groups -OCH3 is 1. The van der Waals surface area contributed by atoms with Gasteiger partial charge in [-0.2, -0.15) is 12.6 Å². The molecular weight excluding hydrogens is 674 g/mol. The lowest BCUT2D eigenvalue weighted by molar-refractivity contribution is -0.261. The van der Waals surface area contributed by atoms with E-state index < -0.39 is 65.8 Å².